The van der Waals surface area contributed by atoms with E-state index in [0.717, 1.165) is 16.8 Å². The maximum atomic E-state index is 13.0. The lowest BCUT2D eigenvalue weighted by Gasteiger charge is -2.23. The highest BCUT2D eigenvalue weighted by Gasteiger charge is 2.25. The van der Waals surface area contributed by atoms with Crippen molar-refractivity contribution in [2.24, 2.45) is 5.92 Å². The zero-order valence-electron chi connectivity index (χ0n) is 18.2. The fourth-order valence-corrected chi connectivity index (χ4v) is 3.30. The molecule has 3 N–H and O–H groups in total. The molecule has 0 aliphatic heterocycles. The quantitative estimate of drug-likeness (QED) is 0.485. The highest BCUT2D eigenvalue weighted by molar-refractivity contribution is 5.99. The van der Waals surface area contributed by atoms with E-state index in [2.05, 4.69) is 28.1 Å². The average molecular weight is 416 g/mol. The zero-order valence-corrected chi connectivity index (χ0v) is 18.2. The topological polar surface area (TPSA) is 70.2 Å². The Labute approximate surface area is 183 Å². The predicted octanol–water partition coefficient (Wildman–Crippen LogP) is 5.37. The van der Waals surface area contributed by atoms with Crippen molar-refractivity contribution in [1.82, 2.24) is 5.32 Å². The van der Waals surface area contributed by atoms with Crippen LogP contribution in [0.1, 0.15) is 30.5 Å². The fourth-order valence-electron chi connectivity index (χ4n) is 3.30. The monoisotopic (exact) mass is 415 g/mol. The number of carbonyl (C=O) groups is 2. The Morgan fingerprint density at radius 1 is 0.806 bits per heavy atom. The van der Waals surface area contributed by atoms with E-state index in [1.54, 1.807) is 0 Å². The molecule has 0 aromatic heterocycles. The van der Waals surface area contributed by atoms with E-state index in [1.807, 2.05) is 87.5 Å². The summed E-state index contributed by atoms with van der Waals surface area (Å²) in [4.78, 5) is 25.5. The minimum Gasteiger partial charge on any atom is -0.326 e. The van der Waals surface area contributed by atoms with Crippen molar-refractivity contribution in [2.75, 3.05) is 10.6 Å². The molecule has 5 heteroatoms. The molecule has 31 heavy (non-hydrogen) atoms. The Morgan fingerprint density at radius 3 is 2.13 bits per heavy atom. The molecule has 0 fully saturated rings. The van der Waals surface area contributed by atoms with Gasteiger partial charge in [0, 0.05) is 11.4 Å². The summed E-state index contributed by atoms with van der Waals surface area (Å²) in [5.74, 6) is -0.320. The van der Waals surface area contributed by atoms with Crippen molar-refractivity contribution in [1.29, 1.82) is 0 Å². The first-order chi connectivity index (χ1) is 14.9. The summed E-state index contributed by atoms with van der Waals surface area (Å²) in [6, 6.07) is 24.3. The third-order valence-electron chi connectivity index (χ3n) is 5.06. The van der Waals surface area contributed by atoms with Crippen molar-refractivity contribution >= 4 is 23.3 Å². The van der Waals surface area contributed by atoms with Crippen LogP contribution in [0.4, 0.5) is 16.2 Å². The predicted molar refractivity (Wildman–Crippen MR) is 126 cm³/mol. The summed E-state index contributed by atoms with van der Waals surface area (Å²) < 4.78 is 0. The smallest absolute Gasteiger partial charge is 0.319 e. The molecule has 0 bridgehead atoms. The molecule has 0 aliphatic carbocycles. The molecule has 0 heterocycles. The van der Waals surface area contributed by atoms with Crippen LogP contribution in [0, 0.1) is 12.8 Å². The lowest BCUT2D eigenvalue weighted by atomic mass is 10.0. The molecule has 0 radical (unpaired) electrons. The van der Waals surface area contributed by atoms with Gasteiger partial charge in [-0.25, -0.2) is 4.79 Å². The first kappa shape index (κ1) is 22.1. The van der Waals surface area contributed by atoms with Gasteiger partial charge in [0.25, 0.3) is 0 Å². The highest BCUT2D eigenvalue weighted by atomic mass is 16.2. The van der Waals surface area contributed by atoms with Crippen LogP contribution >= 0.6 is 0 Å². The van der Waals surface area contributed by atoms with Crippen molar-refractivity contribution in [2.45, 2.75) is 33.2 Å². The molecule has 160 valence electrons. The molecule has 3 aromatic carbocycles. The number of rotatable bonds is 7. The second-order valence-electron chi connectivity index (χ2n) is 7.99. The average Bonchev–Trinajstić information content (AvgIpc) is 2.75. The summed E-state index contributed by atoms with van der Waals surface area (Å²) in [6.45, 7) is 5.80. The first-order valence-electron chi connectivity index (χ1n) is 10.5. The van der Waals surface area contributed by atoms with Crippen LogP contribution in [0.25, 0.3) is 0 Å². The van der Waals surface area contributed by atoms with Gasteiger partial charge in [0.15, 0.2) is 0 Å². The summed E-state index contributed by atoms with van der Waals surface area (Å²) in [6.07, 6.45) is 0.713. The lowest BCUT2D eigenvalue weighted by Crippen LogP contribution is -2.48. The van der Waals surface area contributed by atoms with Gasteiger partial charge in [-0.1, -0.05) is 80.1 Å². The minimum atomic E-state index is -0.671. The summed E-state index contributed by atoms with van der Waals surface area (Å²) in [5, 5.41) is 8.60. The molecular formula is C26H29N3O2. The van der Waals surface area contributed by atoms with E-state index < -0.39 is 12.1 Å². The Morgan fingerprint density at radius 2 is 1.45 bits per heavy atom. The third-order valence-corrected chi connectivity index (χ3v) is 5.06. The first-order valence-corrected chi connectivity index (χ1v) is 10.5. The highest BCUT2D eigenvalue weighted by Crippen LogP contribution is 2.20. The van der Waals surface area contributed by atoms with Gasteiger partial charge >= 0.3 is 6.03 Å². The number of nitrogens with one attached hydrogen (secondary N) is 3. The van der Waals surface area contributed by atoms with Crippen molar-refractivity contribution in [3.05, 3.63) is 95.6 Å². The van der Waals surface area contributed by atoms with Gasteiger partial charge in [-0.3, -0.25) is 4.79 Å². The van der Waals surface area contributed by atoms with Crippen molar-refractivity contribution in [3.8, 4) is 0 Å². The van der Waals surface area contributed by atoms with Crippen LogP contribution in [-0.2, 0) is 11.2 Å². The summed E-state index contributed by atoms with van der Waals surface area (Å²) in [7, 11) is 0. The van der Waals surface area contributed by atoms with E-state index in [4.69, 9.17) is 0 Å². The zero-order chi connectivity index (χ0) is 22.2. The molecule has 3 aromatic rings. The Balaban J connectivity index is 1.68. The number of urea groups is 1. The van der Waals surface area contributed by atoms with Crippen molar-refractivity contribution < 1.29 is 9.59 Å². The molecular weight excluding hydrogens is 386 g/mol. The third kappa shape index (κ3) is 6.44. The van der Waals surface area contributed by atoms with Crippen LogP contribution in [0.2, 0.25) is 0 Å². The second-order valence-corrected chi connectivity index (χ2v) is 7.99. The minimum absolute atomic E-state index is 0.0787. The molecule has 0 spiro atoms. The Kier molecular flexibility index (Phi) is 7.44. The molecule has 5 nitrogen and oxygen atoms in total. The van der Waals surface area contributed by atoms with E-state index >= 15 is 0 Å². The molecule has 1 atom stereocenters. The largest absolute Gasteiger partial charge is 0.326 e. The molecule has 0 aliphatic rings. The molecule has 3 amide bonds. The SMILES string of the molecule is Cc1ccc(NC(=O)NC(C(=O)Nc2ccccc2Cc2ccccc2)C(C)C)cc1. The van der Waals surface area contributed by atoms with Gasteiger partial charge in [-0.15, -0.1) is 0 Å². The van der Waals surface area contributed by atoms with Gasteiger partial charge in [0.05, 0.1) is 0 Å². The number of para-hydroxylation sites is 1. The van der Waals surface area contributed by atoms with Gasteiger partial charge in [0.2, 0.25) is 5.91 Å². The number of aryl methyl sites for hydroxylation is 1. The van der Waals surface area contributed by atoms with Crippen LogP contribution in [0.15, 0.2) is 78.9 Å². The number of benzene rings is 3. The van der Waals surface area contributed by atoms with E-state index in [0.29, 0.717) is 12.1 Å². The molecule has 1 unspecified atom stereocenters. The fraction of sp³-hybridized carbons (Fsp3) is 0.231. The maximum Gasteiger partial charge on any atom is 0.319 e. The van der Waals surface area contributed by atoms with Gasteiger partial charge in [0.1, 0.15) is 6.04 Å². The number of carbonyl (C=O) groups excluding carboxylic acids is 2. The molecule has 0 saturated heterocycles. The Bertz CT molecular complexity index is 1010. The lowest BCUT2D eigenvalue weighted by molar-refractivity contribution is -0.118. The standard InChI is InChI=1S/C26H29N3O2/c1-18(2)24(29-26(31)27-22-15-13-19(3)14-16-22)25(30)28-23-12-8-7-11-21(23)17-20-9-5-4-6-10-20/h4-16,18,24H,17H2,1-3H3,(H,28,30)(H2,27,29,31). The number of amides is 3. The normalized spacial score (nSPS) is 11.6. The van der Waals surface area contributed by atoms with Crippen LogP contribution < -0.4 is 16.0 Å². The number of hydrogen-bond donors (Lipinski definition) is 3. The van der Waals surface area contributed by atoms with Crippen LogP contribution in [0.5, 0.6) is 0 Å². The van der Waals surface area contributed by atoms with Crippen LogP contribution in [0.3, 0.4) is 0 Å². The van der Waals surface area contributed by atoms with E-state index in [9.17, 15) is 9.59 Å². The Hall–Kier alpha value is -3.60. The number of hydrogen-bond acceptors (Lipinski definition) is 2. The second kappa shape index (κ2) is 10.4. The molecule has 3 rings (SSSR count). The number of anilines is 2. The van der Waals surface area contributed by atoms with Crippen LogP contribution in [-0.4, -0.2) is 18.0 Å². The van der Waals surface area contributed by atoms with E-state index in [1.165, 1.54) is 5.56 Å². The van der Waals surface area contributed by atoms with Gasteiger partial charge in [-0.05, 0) is 48.6 Å². The maximum absolute atomic E-state index is 13.0. The van der Waals surface area contributed by atoms with Crippen molar-refractivity contribution in [3.63, 3.8) is 0 Å². The van der Waals surface area contributed by atoms with E-state index in [-0.39, 0.29) is 11.8 Å². The summed E-state index contributed by atoms with van der Waals surface area (Å²) in [5.41, 5.74) is 4.73. The van der Waals surface area contributed by atoms with Gasteiger partial charge < -0.3 is 16.0 Å². The summed E-state index contributed by atoms with van der Waals surface area (Å²) >= 11 is 0. The van der Waals surface area contributed by atoms with Gasteiger partial charge in [-0.2, -0.15) is 0 Å². The molecule has 0 saturated carbocycles.